The van der Waals surface area contributed by atoms with Crippen molar-refractivity contribution in [1.82, 2.24) is 20.9 Å². The molecule has 0 spiro atoms. The molecule has 46 heavy (non-hydrogen) atoms. The fraction of sp³-hybridized carbons (Fsp3) is 0.950. The molecule has 0 atom stereocenters. The third kappa shape index (κ3) is 35.7. The van der Waals surface area contributed by atoms with E-state index in [-0.39, 0.29) is 11.8 Å². The molecule has 0 aromatic heterocycles. The average molecular weight is 651 g/mol. The minimum atomic E-state index is 0.143. The van der Waals surface area contributed by atoms with Crippen LogP contribution in [-0.2, 0) is 9.59 Å². The lowest BCUT2D eigenvalue weighted by Gasteiger charge is -2.22. The molecular weight excluding hydrogens is 568 g/mol. The fourth-order valence-corrected chi connectivity index (χ4v) is 6.25. The molecule has 0 aliphatic heterocycles. The molecule has 0 heterocycles. The van der Waals surface area contributed by atoms with Crippen molar-refractivity contribution < 1.29 is 9.59 Å². The van der Waals surface area contributed by atoms with Crippen LogP contribution in [0, 0.1) is 0 Å². The van der Waals surface area contributed by atoms with Gasteiger partial charge in [-0.2, -0.15) is 0 Å². The molecule has 274 valence electrons. The summed E-state index contributed by atoms with van der Waals surface area (Å²) in [5, 5.41) is 9.45. The Balaban J connectivity index is 3.77. The van der Waals surface area contributed by atoms with Crippen molar-refractivity contribution in [2.24, 2.45) is 0 Å². The first-order valence-electron chi connectivity index (χ1n) is 20.5. The molecule has 0 aromatic rings. The van der Waals surface area contributed by atoms with Crippen LogP contribution in [0.15, 0.2) is 0 Å². The predicted octanol–water partition coefficient (Wildman–Crippen LogP) is 10.1. The molecule has 0 saturated carbocycles. The third-order valence-electron chi connectivity index (χ3n) is 9.42. The van der Waals surface area contributed by atoms with E-state index in [1.807, 2.05) is 7.05 Å². The number of carbonyl (C=O) groups is 2. The minimum absolute atomic E-state index is 0.143. The van der Waals surface area contributed by atoms with Gasteiger partial charge in [0.15, 0.2) is 0 Å². The van der Waals surface area contributed by atoms with E-state index >= 15 is 0 Å². The highest BCUT2D eigenvalue weighted by Crippen LogP contribution is 2.13. The summed E-state index contributed by atoms with van der Waals surface area (Å²) in [6.45, 7) is 9.45. The molecule has 0 aliphatic carbocycles. The van der Waals surface area contributed by atoms with Crippen LogP contribution in [0.25, 0.3) is 0 Å². The Hall–Kier alpha value is -1.14. The van der Waals surface area contributed by atoms with Crippen LogP contribution in [-0.4, -0.2) is 63.0 Å². The van der Waals surface area contributed by atoms with Gasteiger partial charge < -0.3 is 20.9 Å². The first-order valence-corrected chi connectivity index (χ1v) is 20.5. The molecule has 0 bridgehead atoms. The van der Waals surface area contributed by atoms with Gasteiger partial charge >= 0.3 is 0 Å². The maximum absolute atomic E-state index is 12.5. The molecule has 0 fully saturated rings. The standard InChI is InChI=1S/C40H82N4O2/c1-4-6-8-10-12-14-16-18-20-22-24-26-28-34-42-39(45)31-37-44(36-30-33-41-3)38-32-40(46)43-35-29-27-25-23-21-19-17-15-13-11-9-7-5-2/h41H,4-38H2,1-3H3,(H,42,45)(H,43,46). The SMILES string of the molecule is CCCCCCCCCCCCCCCNC(=O)CCN(CCCNC)CCC(=O)NCCCCCCCCCCCCCCC. The Morgan fingerprint density at radius 1 is 0.391 bits per heavy atom. The minimum Gasteiger partial charge on any atom is -0.356 e. The second-order valence-electron chi connectivity index (χ2n) is 14.0. The Labute approximate surface area is 288 Å². The molecule has 0 rings (SSSR count). The molecule has 6 heteroatoms. The van der Waals surface area contributed by atoms with Crippen LogP contribution in [0.1, 0.15) is 200 Å². The van der Waals surface area contributed by atoms with Gasteiger partial charge in [0, 0.05) is 39.0 Å². The Kier molecular flexibility index (Phi) is 37.4. The Bertz CT molecular complexity index is 582. The highest BCUT2D eigenvalue weighted by atomic mass is 16.2. The van der Waals surface area contributed by atoms with Gasteiger partial charge in [-0.15, -0.1) is 0 Å². The van der Waals surface area contributed by atoms with Gasteiger partial charge in [-0.3, -0.25) is 9.59 Å². The molecule has 6 nitrogen and oxygen atoms in total. The third-order valence-corrected chi connectivity index (χ3v) is 9.42. The zero-order valence-corrected chi connectivity index (χ0v) is 31.5. The van der Waals surface area contributed by atoms with E-state index in [4.69, 9.17) is 0 Å². The molecule has 0 unspecified atom stereocenters. The zero-order valence-electron chi connectivity index (χ0n) is 31.5. The van der Waals surface area contributed by atoms with Crippen molar-refractivity contribution >= 4 is 11.8 Å². The molecule has 2 amide bonds. The second-order valence-corrected chi connectivity index (χ2v) is 14.0. The topological polar surface area (TPSA) is 73.5 Å². The molecular formula is C40H82N4O2. The van der Waals surface area contributed by atoms with Crippen molar-refractivity contribution in [1.29, 1.82) is 0 Å². The molecule has 0 radical (unpaired) electrons. The number of carbonyl (C=O) groups excluding carboxylic acids is 2. The maximum atomic E-state index is 12.5. The second kappa shape index (κ2) is 38.3. The summed E-state index contributed by atoms with van der Waals surface area (Å²) in [6, 6.07) is 0. The van der Waals surface area contributed by atoms with Gasteiger partial charge in [0.2, 0.25) is 11.8 Å². The lowest BCUT2D eigenvalue weighted by molar-refractivity contribution is -0.121. The largest absolute Gasteiger partial charge is 0.356 e. The summed E-state index contributed by atoms with van der Waals surface area (Å²) in [4.78, 5) is 27.2. The van der Waals surface area contributed by atoms with E-state index in [1.165, 1.54) is 154 Å². The number of hydrogen-bond acceptors (Lipinski definition) is 4. The summed E-state index contributed by atoms with van der Waals surface area (Å²) in [5.41, 5.74) is 0. The van der Waals surface area contributed by atoms with Crippen LogP contribution < -0.4 is 16.0 Å². The Morgan fingerprint density at radius 2 is 0.696 bits per heavy atom. The number of hydrogen-bond donors (Lipinski definition) is 3. The molecule has 3 N–H and O–H groups in total. The lowest BCUT2D eigenvalue weighted by atomic mass is 10.0. The smallest absolute Gasteiger partial charge is 0.221 e. The van der Waals surface area contributed by atoms with Gasteiger partial charge in [0.1, 0.15) is 0 Å². The first kappa shape index (κ1) is 44.9. The number of rotatable bonds is 38. The van der Waals surface area contributed by atoms with E-state index in [9.17, 15) is 9.59 Å². The summed E-state index contributed by atoms with van der Waals surface area (Å²) in [6.07, 6.45) is 37.0. The Morgan fingerprint density at radius 3 is 1.00 bits per heavy atom. The predicted molar refractivity (Wildman–Crippen MR) is 202 cm³/mol. The maximum Gasteiger partial charge on any atom is 0.221 e. The van der Waals surface area contributed by atoms with Crippen LogP contribution in [0.2, 0.25) is 0 Å². The molecule has 0 aromatic carbocycles. The van der Waals surface area contributed by atoms with E-state index in [0.717, 1.165) is 58.5 Å². The summed E-state index contributed by atoms with van der Waals surface area (Å²) in [5.74, 6) is 0.286. The van der Waals surface area contributed by atoms with Gasteiger partial charge in [0.05, 0.1) is 0 Å². The fourth-order valence-electron chi connectivity index (χ4n) is 6.25. The van der Waals surface area contributed by atoms with Crippen molar-refractivity contribution in [3.05, 3.63) is 0 Å². The summed E-state index contributed by atoms with van der Waals surface area (Å²) < 4.78 is 0. The number of nitrogens with zero attached hydrogens (tertiary/aromatic N) is 1. The van der Waals surface area contributed by atoms with Crippen LogP contribution >= 0.6 is 0 Å². The van der Waals surface area contributed by atoms with Crippen molar-refractivity contribution in [3.63, 3.8) is 0 Å². The summed E-state index contributed by atoms with van der Waals surface area (Å²) >= 11 is 0. The van der Waals surface area contributed by atoms with Gasteiger partial charge in [-0.1, -0.05) is 168 Å². The van der Waals surface area contributed by atoms with Crippen LogP contribution in [0.5, 0.6) is 0 Å². The number of nitrogens with one attached hydrogen (secondary N) is 3. The van der Waals surface area contributed by atoms with Crippen molar-refractivity contribution in [2.75, 3.05) is 46.3 Å². The van der Waals surface area contributed by atoms with E-state index in [0.29, 0.717) is 12.8 Å². The van der Waals surface area contributed by atoms with Crippen LogP contribution in [0.3, 0.4) is 0 Å². The molecule has 0 aliphatic rings. The summed E-state index contributed by atoms with van der Waals surface area (Å²) in [7, 11) is 1.97. The monoisotopic (exact) mass is 651 g/mol. The lowest BCUT2D eigenvalue weighted by Crippen LogP contribution is -2.35. The first-order chi connectivity index (χ1) is 22.6. The quantitative estimate of drug-likeness (QED) is 0.0582. The van der Waals surface area contributed by atoms with Gasteiger partial charge in [-0.25, -0.2) is 0 Å². The van der Waals surface area contributed by atoms with Crippen molar-refractivity contribution in [2.45, 2.75) is 200 Å². The van der Waals surface area contributed by atoms with Gasteiger partial charge in [0.25, 0.3) is 0 Å². The van der Waals surface area contributed by atoms with Crippen LogP contribution in [0.4, 0.5) is 0 Å². The van der Waals surface area contributed by atoms with E-state index in [1.54, 1.807) is 0 Å². The van der Waals surface area contributed by atoms with Crippen molar-refractivity contribution in [3.8, 4) is 0 Å². The highest BCUT2D eigenvalue weighted by Gasteiger charge is 2.11. The zero-order chi connectivity index (χ0) is 33.6. The number of amides is 2. The average Bonchev–Trinajstić information content (AvgIpc) is 3.06. The number of unbranched alkanes of at least 4 members (excludes halogenated alkanes) is 24. The highest BCUT2D eigenvalue weighted by molar-refractivity contribution is 5.76. The van der Waals surface area contributed by atoms with E-state index in [2.05, 4.69) is 34.7 Å². The van der Waals surface area contributed by atoms with Gasteiger partial charge in [-0.05, 0) is 39.4 Å². The normalized spacial score (nSPS) is 11.4. The van der Waals surface area contributed by atoms with E-state index < -0.39 is 0 Å². The molecule has 0 saturated heterocycles.